The molecule has 1 aromatic carbocycles. The number of rotatable bonds is 9. The molecule has 136 valence electrons. The Morgan fingerprint density at radius 2 is 2.00 bits per heavy atom. The van der Waals surface area contributed by atoms with Crippen LogP contribution in [0.3, 0.4) is 0 Å². The van der Waals surface area contributed by atoms with Crippen molar-refractivity contribution >= 4 is 22.8 Å². The average Bonchev–Trinajstić information content (AvgIpc) is 2.90. The molecule has 0 aliphatic rings. The van der Waals surface area contributed by atoms with Gasteiger partial charge in [0.15, 0.2) is 0 Å². The maximum atomic E-state index is 12.2. The van der Waals surface area contributed by atoms with Gasteiger partial charge in [-0.2, -0.15) is 0 Å². The summed E-state index contributed by atoms with van der Waals surface area (Å²) in [4.78, 5) is 23.8. The van der Waals surface area contributed by atoms with Gasteiger partial charge in [0.25, 0.3) is 0 Å². The summed E-state index contributed by atoms with van der Waals surface area (Å²) in [5.74, 6) is -1.51. The molecule has 1 amide bonds. The molecule has 6 N–H and O–H groups in total. The minimum absolute atomic E-state index is 0.206. The summed E-state index contributed by atoms with van der Waals surface area (Å²) < 4.78 is 1.95. The van der Waals surface area contributed by atoms with Crippen LogP contribution in [0.4, 0.5) is 0 Å². The van der Waals surface area contributed by atoms with E-state index in [0.717, 1.165) is 29.3 Å². The number of aryl methyl sites for hydroxylation is 1. The Labute approximate surface area is 147 Å². The molecule has 1 heterocycles. The number of para-hydroxylation sites is 1. The molecule has 0 aliphatic heterocycles. The van der Waals surface area contributed by atoms with Crippen molar-refractivity contribution < 1.29 is 14.7 Å². The maximum absolute atomic E-state index is 12.2. The van der Waals surface area contributed by atoms with E-state index >= 15 is 0 Å². The highest BCUT2D eigenvalue weighted by atomic mass is 16.4. The van der Waals surface area contributed by atoms with Crippen LogP contribution in [0.15, 0.2) is 30.5 Å². The molecular formula is C18H26N4O3. The number of aromatic nitrogens is 1. The highest BCUT2D eigenvalue weighted by Gasteiger charge is 2.24. The molecule has 2 unspecified atom stereocenters. The Morgan fingerprint density at radius 3 is 2.68 bits per heavy atom. The van der Waals surface area contributed by atoms with Crippen LogP contribution in [0, 0.1) is 0 Å². The third kappa shape index (κ3) is 4.80. The highest BCUT2D eigenvalue weighted by molar-refractivity contribution is 5.88. The van der Waals surface area contributed by atoms with Crippen LogP contribution in [-0.4, -0.2) is 40.2 Å². The van der Waals surface area contributed by atoms with Gasteiger partial charge in [-0.1, -0.05) is 24.6 Å². The van der Waals surface area contributed by atoms with Crippen molar-refractivity contribution in [2.75, 3.05) is 6.54 Å². The number of nitrogens with two attached hydrogens (primary N) is 2. The summed E-state index contributed by atoms with van der Waals surface area (Å²) in [5, 5.41) is 13.0. The Hall–Kier alpha value is -2.38. The van der Waals surface area contributed by atoms with Crippen molar-refractivity contribution in [1.82, 2.24) is 9.88 Å². The van der Waals surface area contributed by atoms with Gasteiger partial charge < -0.3 is 26.5 Å². The number of unbranched alkanes of at least 4 members (excludes halogenated alkanes) is 1. The van der Waals surface area contributed by atoms with E-state index in [1.807, 2.05) is 42.1 Å². The first kappa shape index (κ1) is 19.0. The molecule has 7 nitrogen and oxygen atoms in total. The van der Waals surface area contributed by atoms with E-state index in [0.29, 0.717) is 13.0 Å². The number of fused-ring (bicyclic) bond motifs is 1. The van der Waals surface area contributed by atoms with Crippen LogP contribution < -0.4 is 16.8 Å². The Morgan fingerprint density at radius 1 is 1.28 bits per heavy atom. The normalized spacial score (nSPS) is 13.6. The SMILES string of the molecule is Cn1cc(CC(NC(=O)C(N)CCCCN)C(=O)O)c2ccccc21. The summed E-state index contributed by atoms with van der Waals surface area (Å²) in [6, 6.07) is 6.03. The number of amides is 1. The van der Waals surface area contributed by atoms with Gasteiger partial charge in [-0.15, -0.1) is 0 Å². The molecular weight excluding hydrogens is 320 g/mol. The monoisotopic (exact) mass is 346 g/mol. The second kappa shape index (κ2) is 8.64. The van der Waals surface area contributed by atoms with E-state index < -0.39 is 24.0 Å². The summed E-state index contributed by atoms with van der Waals surface area (Å²) in [7, 11) is 1.91. The van der Waals surface area contributed by atoms with Crippen LogP contribution in [0.25, 0.3) is 10.9 Å². The number of nitrogens with zero attached hydrogens (tertiary/aromatic N) is 1. The van der Waals surface area contributed by atoms with E-state index in [2.05, 4.69) is 5.32 Å². The number of carboxylic acid groups (broad SMARTS) is 1. The van der Waals surface area contributed by atoms with Crippen molar-refractivity contribution in [2.24, 2.45) is 18.5 Å². The number of carbonyl (C=O) groups is 2. The number of benzene rings is 1. The second-order valence-corrected chi connectivity index (χ2v) is 6.28. The van der Waals surface area contributed by atoms with Gasteiger partial charge in [-0.25, -0.2) is 4.79 Å². The van der Waals surface area contributed by atoms with Gasteiger partial charge in [-0.05, 0) is 31.0 Å². The zero-order chi connectivity index (χ0) is 18.4. The van der Waals surface area contributed by atoms with E-state index in [1.165, 1.54) is 0 Å². The summed E-state index contributed by atoms with van der Waals surface area (Å²) in [6.45, 7) is 0.549. The van der Waals surface area contributed by atoms with Crippen molar-refractivity contribution in [3.8, 4) is 0 Å². The molecule has 2 atom stereocenters. The number of carbonyl (C=O) groups excluding carboxylic acids is 1. The van der Waals surface area contributed by atoms with E-state index in [4.69, 9.17) is 11.5 Å². The van der Waals surface area contributed by atoms with Crippen LogP contribution in [0.1, 0.15) is 24.8 Å². The molecule has 2 rings (SSSR count). The minimum Gasteiger partial charge on any atom is -0.480 e. The third-order valence-electron chi connectivity index (χ3n) is 4.32. The first-order chi connectivity index (χ1) is 11.9. The number of carboxylic acids is 1. The molecule has 2 aromatic rings. The Balaban J connectivity index is 2.08. The van der Waals surface area contributed by atoms with E-state index in [1.54, 1.807) is 0 Å². The van der Waals surface area contributed by atoms with Crippen LogP contribution in [0.2, 0.25) is 0 Å². The van der Waals surface area contributed by atoms with Crippen molar-refractivity contribution in [3.05, 3.63) is 36.0 Å². The lowest BCUT2D eigenvalue weighted by molar-refractivity contribution is -0.142. The maximum Gasteiger partial charge on any atom is 0.326 e. The van der Waals surface area contributed by atoms with Gasteiger partial charge in [0.2, 0.25) is 5.91 Å². The zero-order valence-electron chi connectivity index (χ0n) is 14.4. The predicted molar refractivity (Wildman–Crippen MR) is 97.1 cm³/mol. The van der Waals surface area contributed by atoms with E-state index in [9.17, 15) is 14.7 Å². The van der Waals surface area contributed by atoms with Gasteiger partial charge in [0.05, 0.1) is 6.04 Å². The number of aliphatic carboxylic acids is 1. The first-order valence-electron chi connectivity index (χ1n) is 8.45. The minimum atomic E-state index is -1.07. The predicted octanol–water partition coefficient (Wildman–Crippen LogP) is 0.747. The fourth-order valence-electron chi connectivity index (χ4n) is 2.93. The zero-order valence-corrected chi connectivity index (χ0v) is 14.4. The van der Waals surface area contributed by atoms with Crippen molar-refractivity contribution in [3.63, 3.8) is 0 Å². The van der Waals surface area contributed by atoms with Crippen molar-refractivity contribution in [1.29, 1.82) is 0 Å². The molecule has 0 saturated heterocycles. The molecule has 0 radical (unpaired) electrons. The highest BCUT2D eigenvalue weighted by Crippen LogP contribution is 2.21. The fraction of sp³-hybridized carbons (Fsp3) is 0.444. The van der Waals surface area contributed by atoms with Crippen LogP contribution in [-0.2, 0) is 23.1 Å². The number of hydrogen-bond acceptors (Lipinski definition) is 4. The standard InChI is InChI=1S/C18H26N4O3/c1-22-11-12(13-6-2-3-8-16(13)22)10-15(18(24)25)21-17(23)14(20)7-4-5-9-19/h2-3,6,8,11,14-15H,4-5,7,9-10,19-20H2,1H3,(H,21,23)(H,24,25). The van der Waals surface area contributed by atoms with Crippen LogP contribution >= 0.6 is 0 Å². The summed E-state index contributed by atoms with van der Waals surface area (Å²) in [6.07, 6.45) is 4.13. The number of hydrogen-bond donors (Lipinski definition) is 4. The molecule has 0 fully saturated rings. The summed E-state index contributed by atoms with van der Waals surface area (Å²) >= 11 is 0. The Kier molecular flexibility index (Phi) is 6.55. The van der Waals surface area contributed by atoms with Gasteiger partial charge in [-0.3, -0.25) is 4.79 Å². The molecule has 0 bridgehead atoms. The van der Waals surface area contributed by atoms with Gasteiger partial charge in [0, 0.05) is 30.6 Å². The lowest BCUT2D eigenvalue weighted by Crippen LogP contribution is -2.49. The Bertz CT molecular complexity index is 741. The largest absolute Gasteiger partial charge is 0.480 e. The van der Waals surface area contributed by atoms with Gasteiger partial charge in [0.1, 0.15) is 6.04 Å². The smallest absolute Gasteiger partial charge is 0.326 e. The van der Waals surface area contributed by atoms with Gasteiger partial charge >= 0.3 is 5.97 Å². The van der Waals surface area contributed by atoms with E-state index in [-0.39, 0.29) is 6.42 Å². The van der Waals surface area contributed by atoms with Crippen molar-refractivity contribution in [2.45, 2.75) is 37.8 Å². The lowest BCUT2D eigenvalue weighted by Gasteiger charge is -2.17. The topological polar surface area (TPSA) is 123 Å². The first-order valence-corrected chi connectivity index (χ1v) is 8.45. The quantitative estimate of drug-likeness (QED) is 0.499. The fourth-order valence-corrected chi connectivity index (χ4v) is 2.93. The molecule has 0 spiro atoms. The molecule has 25 heavy (non-hydrogen) atoms. The molecule has 1 aromatic heterocycles. The molecule has 0 saturated carbocycles. The number of nitrogens with one attached hydrogen (secondary N) is 1. The average molecular weight is 346 g/mol. The van der Waals surface area contributed by atoms with Crippen LogP contribution in [0.5, 0.6) is 0 Å². The lowest BCUT2D eigenvalue weighted by atomic mass is 10.0. The molecule has 0 aliphatic carbocycles. The third-order valence-corrected chi connectivity index (χ3v) is 4.32. The second-order valence-electron chi connectivity index (χ2n) is 6.28. The summed E-state index contributed by atoms with van der Waals surface area (Å²) in [5.41, 5.74) is 13.2. The molecule has 7 heteroatoms.